The van der Waals surface area contributed by atoms with Gasteiger partial charge in [0.15, 0.2) is 0 Å². The summed E-state index contributed by atoms with van der Waals surface area (Å²) >= 11 is 6.10. The molecular weight excluding hydrogens is 479 g/mol. The molecule has 2 saturated carbocycles. The van der Waals surface area contributed by atoms with Crippen LogP contribution < -0.4 is 10.6 Å². The van der Waals surface area contributed by atoms with E-state index < -0.39 is 17.3 Å². The fourth-order valence-electron chi connectivity index (χ4n) is 5.68. The smallest absolute Gasteiger partial charge is 0.382 e. The Hall–Kier alpha value is -2.32. The predicted molar refractivity (Wildman–Crippen MR) is 129 cm³/mol. The first-order valence-corrected chi connectivity index (χ1v) is 12.5. The number of pyridine rings is 1. The quantitative estimate of drug-likeness (QED) is 0.469. The van der Waals surface area contributed by atoms with Crippen LogP contribution >= 0.6 is 11.6 Å². The van der Waals surface area contributed by atoms with Crippen molar-refractivity contribution in [3.05, 3.63) is 47.6 Å². The molecule has 4 aliphatic rings. The standard InChI is InChI=1S/C26H29ClF3N3O2/c1-2-25-11-9-24(10-12-25,15-35-25)23(34)32-18-6-4-17(5-7-18)31-21-14-22(26(28,29)30)33-20-8-3-16(27)13-19(20)21/h2-3,8,13-14,17-18H,1,4-7,9-12,15H2,(H,31,33)(H,32,34)/t17-,18+,24?,25?. The lowest BCUT2D eigenvalue weighted by Crippen LogP contribution is -2.58. The molecule has 0 spiro atoms. The number of aromatic nitrogens is 1. The van der Waals surface area contributed by atoms with E-state index in [1.54, 1.807) is 6.07 Å². The Balaban J connectivity index is 1.23. The zero-order chi connectivity index (χ0) is 24.8. The third kappa shape index (κ3) is 4.75. The molecule has 3 heterocycles. The number of fused-ring (bicyclic) bond motifs is 4. The maximum absolute atomic E-state index is 13.4. The molecule has 2 aliphatic heterocycles. The van der Waals surface area contributed by atoms with Crippen molar-refractivity contribution < 1.29 is 22.7 Å². The highest BCUT2D eigenvalue weighted by Gasteiger charge is 2.52. The summed E-state index contributed by atoms with van der Waals surface area (Å²) in [4.78, 5) is 16.9. The minimum absolute atomic E-state index is 0.00659. The first-order valence-electron chi connectivity index (χ1n) is 12.1. The van der Waals surface area contributed by atoms with Crippen LogP contribution in [-0.2, 0) is 15.7 Å². The van der Waals surface area contributed by atoms with E-state index in [0.29, 0.717) is 22.7 Å². The maximum Gasteiger partial charge on any atom is 0.433 e. The molecule has 9 heteroatoms. The second-order valence-corrected chi connectivity index (χ2v) is 10.7. The van der Waals surface area contributed by atoms with Crippen LogP contribution in [-0.4, -0.2) is 35.2 Å². The van der Waals surface area contributed by atoms with E-state index in [1.807, 2.05) is 6.08 Å². The Kier molecular flexibility index (Phi) is 6.24. The van der Waals surface area contributed by atoms with Crippen LogP contribution in [0.15, 0.2) is 36.9 Å². The van der Waals surface area contributed by atoms with Gasteiger partial charge in [-0.15, -0.1) is 6.58 Å². The number of carbonyl (C=O) groups excluding carboxylic acids is 1. The molecule has 188 valence electrons. The summed E-state index contributed by atoms with van der Waals surface area (Å²) in [6.45, 7) is 4.32. The van der Waals surface area contributed by atoms with Crippen molar-refractivity contribution in [2.24, 2.45) is 5.41 Å². The fraction of sp³-hybridized carbons (Fsp3) is 0.538. The molecule has 1 aromatic heterocycles. The number of benzene rings is 1. The van der Waals surface area contributed by atoms with Gasteiger partial charge < -0.3 is 15.4 Å². The molecule has 35 heavy (non-hydrogen) atoms. The normalized spacial score (nSPS) is 30.7. The number of rotatable bonds is 5. The second kappa shape index (κ2) is 8.96. The lowest BCUT2D eigenvalue weighted by atomic mass is 9.65. The summed E-state index contributed by atoms with van der Waals surface area (Å²) < 4.78 is 46.2. The van der Waals surface area contributed by atoms with E-state index in [1.165, 1.54) is 12.1 Å². The number of nitrogens with zero attached hydrogens (tertiary/aromatic N) is 1. The van der Waals surface area contributed by atoms with Gasteiger partial charge in [-0.1, -0.05) is 17.7 Å². The average Bonchev–Trinajstić information content (AvgIpc) is 2.86. The first kappa shape index (κ1) is 24.4. The number of nitrogens with one attached hydrogen (secondary N) is 2. The van der Waals surface area contributed by atoms with Crippen molar-refractivity contribution in [1.82, 2.24) is 10.3 Å². The molecule has 6 rings (SSSR count). The molecule has 2 N–H and O–H groups in total. The van der Waals surface area contributed by atoms with Gasteiger partial charge in [-0.05, 0) is 75.6 Å². The Morgan fingerprint density at radius 3 is 2.40 bits per heavy atom. The highest BCUT2D eigenvalue weighted by Crippen LogP contribution is 2.49. The third-order valence-corrected chi connectivity index (χ3v) is 8.26. The average molecular weight is 508 g/mol. The van der Waals surface area contributed by atoms with Gasteiger partial charge >= 0.3 is 6.18 Å². The molecule has 1 aromatic carbocycles. The molecule has 0 unspecified atom stereocenters. The number of carbonyl (C=O) groups is 1. The Labute approximate surface area is 207 Å². The van der Waals surface area contributed by atoms with Crippen LogP contribution in [0.3, 0.4) is 0 Å². The number of alkyl halides is 3. The molecule has 0 atom stereocenters. The van der Waals surface area contributed by atoms with Gasteiger partial charge in [0.25, 0.3) is 0 Å². The van der Waals surface area contributed by atoms with Crippen molar-refractivity contribution in [3.8, 4) is 0 Å². The lowest BCUT2D eigenvalue weighted by Gasteiger charge is -2.51. The van der Waals surface area contributed by atoms with Crippen LogP contribution in [0.4, 0.5) is 18.9 Å². The fourth-order valence-corrected chi connectivity index (χ4v) is 5.85. The summed E-state index contributed by atoms with van der Waals surface area (Å²) in [5.74, 6) is 0.0656. The van der Waals surface area contributed by atoms with Gasteiger partial charge in [0.1, 0.15) is 5.69 Å². The lowest BCUT2D eigenvalue weighted by molar-refractivity contribution is -0.175. The van der Waals surface area contributed by atoms with Crippen molar-refractivity contribution in [2.45, 2.75) is 75.2 Å². The molecule has 2 saturated heterocycles. The number of ether oxygens (including phenoxy) is 1. The van der Waals surface area contributed by atoms with E-state index >= 15 is 0 Å². The number of hydrogen-bond acceptors (Lipinski definition) is 4. The van der Waals surface area contributed by atoms with Gasteiger partial charge in [-0.2, -0.15) is 13.2 Å². The highest BCUT2D eigenvalue weighted by molar-refractivity contribution is 6.31. The molecule has 2 aromatic rings. The molecular formula is C26H29ClF3N3O2. The highest BCUT2D eigenvalue weighted by atomic mass is 35.5. The minimum Gasteiger partial charge on any atom is -0.382 e. The largest absolute Gasteiger partial charge is 0.433 e. The number of anilines is 1. The van der Waals surface area contributed by atoms with Gasteiger partial charge in [0.2, 0.25) is 5.91 Å². The Morgan fingerprint density at radius 1 is 1.11 bits per heavy atom. The van der Waals surface area contributed by atoms with E-state index in [-0.39, 0.29) is 29.1 Å². The van der Waals surface area contributed by atoms with Crippen LogP contribution in [0.1, 0.15) is 57.1 Å². The predicted octanol–water partition coefficient (Wildman–Crippen LogP) is 6.26. The van der Waals surface area contributed by atoms with E-state index in [2.05, 4.69) is 22.2 Å². The van der Waals surface area contributed by atoms with E-state index in [0.717, 1.165) is 57.4 Å². The Bertz CT molecular complexity index is 1120. The van der Waals surface area contributed by atoms with Crippen molar-refractivity contribution in [2.75, 3.05) is 11.9 Å². The zero-order valence-corrected chi connectivity index (χ0v) is 20.1. The summed E-state index contributed by atoms with van der Waals surface area (Å²) in [6.07, 6.45) is 3.58. The zero-order valence-electron chi connectivity index (χ0n) is 19.4. The molecule has 0 radical (unpaired) electrons. The molecule has 5 nitrogen and oxygen atoms in total. The number of hydrogen-bond donors (Lipinski definition) is 2. The van der Waals surface area contributed by atoms with Crippen molar-refractivity contribution >= 4 is 34.1 Å². The SMILES string of the molecule is C=CC12CCC(C(=O)N[C@H]3CC[C@@H](Nc4cc(C(F)(F)F)nc5ccc(Cl)cc45)CC3)(CC1)CO2. The Morgan fingerprint density at radius 2 is 1.80 bits per heavy atom. The second-order valence-electron chi connectivity index (χ2n) is 10.2. The van der Waals surface area contributed by atoms with Crippen molar-refractivity contribution in [1.29, 1.82) is 0 Å². The summed E-state index contributed by atoms with van der Waals surface area (Å²) in [5.41, 5.74) is -1.03. The topological polar surface area (TPSA) is 63.2 Å². The van der Waals surface area contributed by atoms with Crippen molar-refractivity contribution in [3.63, 3.8) is 0 Å². The van der Waals surface area contributed by atoms with Crippen LogP contribution in [0.5, 0.6) is 0 Å². The van der Waals surface area contributed by atoms with Gasteiger partial charge in [-0.3, -0.25) is 4.79 Å². The molecule has 2 bridgehead atoms. The number of amides is 1. The minimum atomic E-state index is -4.54. The summed E-state index contributed by atoms with van der Waals surface area (Å²) in [7, 11) is 0. The van der Waals surface area contributed by atoms with Gasteiger partial charge in [0.05, 0.1) is 23.1 Å². The van der Waals surface area contributed by atoms with Crippen LogP contribution in [0.25, 0.3) is 10.9 Å². The van der Waals surface area contributed by atoms with E-state index in [9.17, 15) is 18.0 Å². The molecule has 2 aliphatic carbocycles. The van der Waals surface area contributed by atoms with Crippen LogP contribution in [0, 0.1) is 5.41 Å². The summed E-state index contributed by atoms with van der Waals surface area (Å²) in [5, 5.41) is 7.53. The third-order valence-electron chi connectivity index (χ3n) is 8.03. The molecule has 1 amide bonds. The van der Waals surface area contributed by atoms with Gasteiger partial charge in [-0.25, -0.2) is 4.98 Å². The van der Waals surface area contributed by atoms with Gasteiger partial charge in [0, 0.05) is 28.2 Å². The maximum atomic E-state index is 13.4. The number of halogens is 4. The summed E-state index contributed by atoms with van der Waals surface area (Å²) in [6, 6.07) is 5.78. The monoisotopic (exact) mass is 507 g/mol. The van der Waals surface area contributed by atoms with Crippen LogP contribution in [0.2, 0.25) is 5.02 Å². The molecule has 4 fully saturated rings. The first-order chi connectivity index (χ1) is 16.6. The van der Waals surface area contributed by atoms with E-state index in [4.69, 9.17) is 16.3 Å².